The number of aryl methyl sites for hydroxylation is 1. The van der Waals surface area contributed by atoms with Crippen molar-refractivity contribution in [3.05, 3.63) is 77.0 Å². The maximum Gasteiger partial charge on any atom is 0.0546 e. The molecule has 0 saturated carbocycles. The molecule has 0 radical (unpaired) electrons. The second-order valence-electron chi connectivity index (χ2n) is 5.27. The van der Waals surface area contributed by atoms with Gasteiger partial charge in [-0.3, -0.25) is 0 Å². The summed E-state index contributed by atoms with van der Waals surface area (Å²) >= 11 is 0. The van der Waals surface area contributed by atoms with Crippen LogP contribution in [0.15, 0.2) is 65.9 Å². The van der Waals surface area contributed by atoms with Gasteiger partial charge in [0.25, 0.3) is 0 Å². The first-order valence-electron chi connectivity index (χ1n) is 7.81. The van der Waals surface area contributed by atoms with Crippen LogP contribution in [0, 0.1) is 12.8 Å². The van der Waals surface area contributed by atoms with Crippen LogP contribution in [0.1, 0.15) is 33.3 Å². The number of benzene rings is 1. The van der Waals surface area contributed by atoms with Gasteiger partial charge in [0.05, 0.1) is 6.04 Å². The Morgan fingerprint density at radius 1 is 1.14 bits per heavy atom. The summed E-state index contributed by atoms with van der Waals surface area (Å²) in [4.78, 5) is 0. The molecule has 1 aromatic rings. The molecular formula is C20H27N. The predicted molar refractivity (Wildman–Crippen MR) is 95.1 cm³/mol. The molecular weight excluding hydrogens is 254 g/mol. The van der Waals surface area contributed by atoms with Gasteiger partial charge in [0.2, 0.25) is 0 Å². The Balaban J connectivity index is 0.000000775. The van der Waals surface area contributed by atoms with Crippen LogP contribution in [-0.4, -0.2) is 6.04 Å². The van der Waals surface area contributed by atoms with Gasteiger partial charge < -0.3 is 5.32 Å². The molecule has 1 aromatic carbocycles. The monoisotopic (exact) mass is 281 g/mol. The van der Waals surface area contributed by atoms with Gasteiger partial charge in [-0.2, -0.15) is 0 Å². The predicted octanol–water partition coefficient (Wildman–Crippen LogP) is 5.27. The molecule has 0 bridgehead atoms. The molecule has 112 valence electrons. The Morgan fingerprint density at radius 3 is 2.62 bits per heavy atom. The quantitative estimate of drug-likeness (QED) is 0.779. The number of rotatable bonds is 2. The van der Waals surface area contributed by atoms with Crippen molar-refractivity contribution in [2.75, 3.05) is 0 Å². The van der Waals surface area contributed by atoms with Crippen LogP contribution in [0.4, 0.5) is 0 Å². The molecule has 1 heteroatoms. The maximum atomic E-state index is 3.45. The third-order valence-electron chi connectivity index (χ3n) is 3.94. The molecule has 2 unspecified atom stereocenters. The first-order valence-corrected chi connectivity index (χ1v) is 7.81. The minimum absolute atomic E-state index is 0. The Morgan fingerprint density at radius 2 is 1.86 bits per heavy atom. The standard InChI is InChI=1S/C18H19N.C2H6.H2/c1-13-7-3-4-8-15(13)11-14(2)17-12-19-18-10-6-5-9-16(17)18;1-2;/h3-12,16,18-19H,1-2H3;1-2H3;1H/b14-11+;;. The third-order valence-corrected chi connectivity index (χ3v) is 3.94. The lowest BCUT2D eigenvalue weighted by molar-refractivity contribution is 0.636. The maximum absolute atomic E-state index is 3.45. The lowest BCUT2D eigenvalue weighted by Gasteiger charge is -2.19. The minimum atomic E-state index is 0. The van der Waals surface area contributed by atoms with E-state index in [2.05, 4.69) is 80.0 Å². The largest absolute Gasteiger partial charge is 0.383 e. The Labute approximate surface area is 130 Å². The summed E-state index contributed by atoms with van der Waals surface area (Å²) in [6.07, 6.45) is 13.2. The van der Waals surface area contributed by atoms with E-state index in [4.69, 9.17) is 0 Å². The fourth-order valence-electron chi connectivity index (χ4n) is 2.79. The fourth-order valence-corrected chi connectivity index (χ4v) is 2.79. The zero-order valence-corrected chi connectivity index (χ0v) is 13.4. The average molecular weight is 281 g/mol. The number of hydrogen-bond donors (Lipinski definition) is 1. The molecule has 1 aliphatic heterocycles. The van der Waals surface area contributed by atoms with Crippen molar-refractivity contribution < 1.29 is 1.43 Å². The highest BCUT2D eigenvalue weighted by Crippen LogP contribution is 2.32. The summed E-state index contributed by atoms with van der Waals surface area (Å²) in [6.45, 7) is 8.36. The molecule has 2 atom stereocenters. The van der Waals surface area contributed by atoms with Crippen molar-refractivity contribution in [1.29, 1.82) is 0 Å². The van der Waals surface area contributed by atoms with E-state index in [0.29, 0.717) is 12.0 Å². The molecule has 21 heavy (non-hydrogen) atoms. The number of allylic oxidation sites excluding steroid dienone is 3. The minimum Gasteiger partial charge on any atom is -0.383 e. The lowest BCUT2D eigenvalue weighted by atomic mass is 9.87. The van der Waals surface area contributed by atoms with Gasteiger partial charge in [0.15, 0.2) is 0 Å². The van der Waals surface area contributed by atoms with E-state index in [-0.39, 0.29) is 1.43 Å². The topological polar surface area (TPSA) is 12.0 Å². The van der Waals surface area contributed by atoms with Crippen LogP contribution in [0.2, 0.25) is 0 Å². The molecule has 0 spiro atoms. The van der Waals surface area contributed by atoms with E-state index in [1.54, 1.807) is 0 Å². The van der Waals surface area contributed by atoms with Gasteiger partial charge >= 0.3 is 0 Å². The Bertz CT molecular complexity index is 608. The van der Waals surface area contributed by atoms with Crippen molar-refractivity contribution >= 4 is 6.08 Å². The molecule has 3 rings (SSSR count). The summed E-state index contributed by atoms with van der Waals surface area (Å²) in [7, 11) is 0. The van der Waals surface area contributed by atoms with Crippen LogP contribution in [0.3, 0.4) is 0 Å². The zero-order valence-electron chi connectivity index (χ0n) is 13.4. The van der Waals surface area contributed by atoms with Crippen molar-refractivity contribution in [1.82, 2.24) is 5.32 Å². The molecule has 0 saturated heterocycles. The summed E-state index contributed by atoms with van der Waals surface area (Å²) in [5, 5.41) is 3.45. The second kappa shape index (κ2) is 7.12. The molecule has 1 nitrogen and oxygen atoms in total. The number of fused-ring (bicyclic) bond motifs is 1. The van der Waals surface area contributed by atoms with Crippen molar-refractivity contribution in [2.24, 2.45) is 5.92 Å². The van der Waals surface area contributed by atoms with E-state index < -0.39 is 0 Å². The van der Waals surface area contributed by atoms with Gasteiger partial charge in [0.1, 0.15) is 0 Å². The number of hydrogen-bond acceptors (Lipinski definition) is 1. The molecule has 1 heterocycles. The zero-order chi connectivity index (χ0) is 15.2. The summed E-state index contributed by atoms with van der Waals surface area (Å²) in [5.74, 6) is 0.477. The first-order chi connectivity index (χ1) is 10.3. The highest BCUT2D eigenvalue weighted by molar-refractivity contribution is 5.62. The van der Waals surface area contributed by atoms with Gasteiger partial charge in [0, 0.05) is 13.5 Å². The van der Waals surface area contributed by atoms with Crippen LogP contribution in [-0.2, 0) is 0 Å². The van der Waals surface area contributed by atoms with E-state index in [0.717, 1.165) is 0 Å². The average Bonchev–Trinajstić information content (AvgIpc) is 2.96. The van der Waals surface area contributed by atoms with E-state index in [1.165, 1.54) is 22.3 Å². The summed E-state index contributed by atoms with van der Waals surface area (Å²) in [5.41, 5.74) is 5.37. The highest BCUT2D eigenvalue weighted by Gasteiger charge is 2.27. The normalized spacial score (nSPS) is 22.9. The summed E-state index contributed by atoms with van der Waals surface area (Å²) < 4.78 is 0. The van der Waals surface area contributed by atoms with E-state index in [1.807, 2.05) is 13.8 Å². The van der Waals surface area contributed by atoms with Gasteiger partial charge in [-0.25, -0.2) is 0 Å². The molecule has 1 aliphatic carbocycles. The van der Waals surface area contributed by atoms with Crippen molar-refractivity contribution in [2.45, 2.75) is 33.7 Å². The smallest absolute Gasteiger partial charge is 0.0546 e. The lowest BCUT2D eigenvalue weighted by Crippen LogP contribution is -2.25. The van der Waals surface area contributed by atoms with Crippen LogP contribution < -0.4 is 5.32 Å². The van der Waals surface area contributed by atoms with E-state index >= 15 is 0 Å². The molecule has 2 aliphatic rings. The Kier molecular flexibility index (Phi) is 5.21. The first kappa shape index (κ1) is 15.4. The van der Waals surface area contributed by atoms with Gasteiger partial charge in [-0.1, -0.05) is 68.5 Å². The molecule has 1 N–H and O–H groups in total. The van der Waals surface area contributed by atoms with E-state index in [9.17, 15) is 0 Å². The van der Waals surface area contributed by atoms with Gasteiger partial charge in [-0.05, 0) is 36.1 Å². The SMILES string of the molecule is C/C(=C\c1ccccc1C)C1=CNC2C=CC=CC12.CC.[HH]. The van der Waals surface area contributed by atoms with Crippen molar-refractivity contribution in [3.63, 3.8) is 0 Å². The van der Waals surface area contributed by atoms with Crippen molar-refractivity contribution in [3.8, 4) is 0 Å². The third kappa shape index (κ3) is 3.36. The second-order valence-corrected chi connectivity index (χ2v) is 5.27. The molecule has 0 fully saturated rings. The summed E-state index contributed by atoms with van der Waals surface area (Å²) in [6, 6.07) is 8.95. The van der Waals surface area contributed by atoms with Gasteiger partial charge in [-0.15, -0.1) is 0 Å². The Hall–Kier alpha value is -2.02. The molecule has 0 aromatic heterocycles. The van der Waals surface area contributed by atoms with Crippen LogP contribution in [0.25, 0.3) is 6.08 Å². The van der Waals surface area contributed by atoms with Crippen LogP contribution in [0.5, 0.6) is 0 Å². The number of nitrogens with one attached hydrogen (secondary N) is 1. The van der Waals surface area contributed by atoms with Crippen LogP contribution >= 0.6 is 0 Å². The highest BCUT2D eigenvalue weighted by atomic mass is 14.9. The molecule has 0 amide bonds. The fraction of sp³-hybridized carbons (Fsp3) is 0.300.